The van der Waals surface area contributed by atoms with Gasteiger partial charge in [0.2, 0.25) is 0 Å². The van der Waals surface area contributed by atoms with Crippen LogP contribution in [0.2, 0.25) is 0 Å². The Morgan fingerprint density at radius 1 is 1.22 bits per heavy atom. The lowest BCUT2D eigenvalue weighted by Crippen LogP contribution is -2.16. The van der Waals surface area contributed by atoms with Crippen LogP contribution in [0.25, 0.3) is 5.69 Å². The second kappa shape index (κ2) is 6.80. The molecule has 0 radical (unpaired) electrons. The molecule has 1 aromatic heterocycles. The highest BCUT2D eigenvalue weighted by atomic mass is 79.9. The van der Waals surface area contributed by atoms with Gasteiger partial charge in [-0.25, -0.2) is 4.79 Å². The van der Waals surface area contributed by atoms with Gasteiger partial charge in [-0.2, -0.15) is 31.6 Å². The average molecular weight is 456 g/mol. The van der Waals surface area contributed by atoms with E-state index in [9.17, 15) is 31.1 Å². The van der Waals surface area contributed by atoms with Crippen LogP contribution in [0.1, 0.15) is 27.2 Å². The van der Waals surface area contributed by atoms with Gasteiger partial charge in [0.15, 0.2) is 5.69 Å². The van der Waals surface area contributed by atoms with E-state index in [2.05, 4.69) is 20.7 Å². The van der Waals surface area contributed by atoms with Gasteiger partial charge in [0, 0.05) is 6.20 Å². The first kappa shape index (κ1) is 20.6. The summed E-state index contributed by atoms with van der Waals surface area (Å²) in [4.78, 5) is 11.9. The summed E-state index contributed by atoms with van der Waals surface area (Å²) in [7, 11) is 0.938. The largest absolute Gasteiger partial charge is 0.464 e. The SMILES string of the molecule is COC(=O)c1c(N)c(C#N)cn1-c1cc(C(F)(F)F)cc(C(F)(F)F)c1Br. The third-order valence-electron chi connectivity index (χ3n) is 3.49. The van der Waals surface area contributed by atoms with E-state index in [0.29, 0.717) is 10.6 Å². The molecule has 0 spiro atoms. The zero-order valence-electron chi connectivity index (χ0n) is 13.2. The number of benzene rings is 1. The molecule has 144 valence electrons. The van der Waals surface area contributed by atoms with Crippen molar-refractivity contribution >= 4 is 27.6 Å². The third-order valence-corrected chi connectivity index (χ3v) is 4.32. The van der Waals surface area contributed by atoms with Gasteiger partial charge < -0.3 is 15.0 Å². The maximum atomic E-state index is 13.2. The molecule has 27 heavy (non-hydrogen) atoms. The Morgan fingerprint density at radius 3 is 2.26 bits per heavy atom. The molecule has 2 aromatic rings. The van der Waals surface area contributed by atoms with E-state index in [-0.39, 0.29) is 11.6 Å². The Morgan fingerprint density at radius 2 is 1.81 bits per heavy atom. The van der Waals surface area contributed by atoms with Crippen LogP contribution in [0.4, 0.5) is 32.0 Å². The average Bonchev–Trinajstić information content (AvgIpc) is 2.88. The molecule has 0 saturated carbocycles. The molecule has 2 rings (SSSR count). The summed E-state index contributed by atoms with van der Waals surface area (Å²) < 4.78 is 83.3. The fourth-order valence-electron chi connectivity index (χ4n) is 2.26. The first-order valence-corrected chi connectivity index (χ1v) is 7.59. The number of alkyl halides is 6. The molecular formula is C15H8BrF6N3O2. The summed E-state index contributed by atoms with van der Waals surface area (Å²) in [5, 5.41) is 9.03. The van der Waals surface area contributed by atoms with E-state index in [1.54, 1.807) is 6.07 Å². The van der Waals surface area contributed by atoms with Crippen LogP contribution in [-0.2, 0) is 17.1 Å². The molecule has 0 amide bonds. The molecule has 0 aliphatic rings. The Balaban J connectivity index is 2.95. The smallest absolute Gasteiger partial charge is 0.417 e. The van der Waals surface area contributed by atoms with E-state index < -0.39 is 51.0 Å². The predicted molar refractivity (Wildman–Crippen MR) is 83.9 cm³/mol. The van der Waals surface area contributed by atoms with Crippen LogP contribution in [0.15, 0.2) is 22.8 Å². The summed E-state index contributed by atoms with van der Waals surface area (Å²) in [6.45, 7) is 0. The number of rotatable bonds is 2. The molecule has 1 heterocycles. The van der Waals surface area contributed by atoms with Crippen molar-refractivity contribution in [1.29, 1.82) is 5.26 Å². The van der Waals surface area contributed by atoms with Crippen molar-refractivity contribution in [2.45, 2.75) is 12.4 Å². The number of carbonyl (C=O) groups excluding carboxylic acids is 1. The molecule has 0 unspecified atom stereocenters. The summed E-state index contributed by atoms with van der Waals surface area (Å²) in [6.07, 6.45) is -9.38. The van der Waals surface area contributed by atoms with Crippen LogP contribution in [0.5, 0.6) is 0 Å². The lowest BCUT2D eigenvalue weighted by atomic mass is 10.1. The van der Waals surface area contributed by atoms with Crippen molar-refractivity contribution in [1.82, 2.24) is 4.57 Å². The summed E-state index contributed by atoms with van der Waals surface area (Å²) in [6, 6.07) is 1.93. The van der Waals surface area contributed by atoms with E-state index in [0.717, 1.165) is 13.3 Å². The highest BCUT2D eigenvalue weighted by molar-refractivity contribution is 9.10. The molecule has 0 aliphatic heterocycles. The minimum atomic E-state index is -5.13. The molecule has 2 N–H and O–H groups in total. The Hall–Kier alpha value is -2.68. The van der Waals surface area contributed by atoms with Crippen LogP contribution < -0.4 is 5.73 Å². The number of aromatic nitrogens is 1. The summed E-state index contributed by atoms with van der Waals surface area (Å²) in [5.41, 5.74) is 0.365. The number of carbonyl (C=O) groups is 1. The number of nitrogens with two attached hydrogens (primary N) is 1. The van der Waals surface area contributed by atoms with E-state index in [1.807, 2.05) is 0 Å². The highest BCUT2D eigenvalue weighted by Crippen LogP contribution is 2.43. The van der Waals surface area contributed by atoms with Crippen LogP contribution >= 0.6 is 15.9 Å². The zero-order chi connectivity index (χ0) is 20.7. The number of hydrogen-bond acceptors (Lipinski definition) is 4. The summed E-state index contributed by atoms with van der Waals surface area (Å²) in [5.74, 6) is -1.15. The third kappa shape index (κ3) is 3.73. The van der Waals surface area contributed by atoms with Gasteiger partial charge in [-0.15, -0.1) is 0 Å². The Kier molecular flexibility index (Phi) is 5.20. The second-order valence-corrected chi connectivity index (χ2v) is 5.92. The van der Waals surface area contributed by atoms with Crippen molar-refractivity contribution in [2.75, 3.05) is 12.8 Å². The lowest BCUT2D eigenvalue weighted by molar-refractivity contribution is -0.143. The van der Waals surface area contributed by atoms with E-state index in [4.69, 9.17) is 11.0 Å². The van der Waals surface area contributed by atoms with Gasteiger partial charge >= 0.3 is 18.3 Å². The molecule has 1 aromatic carbocycles. The fraction of sp³-hybridized carbons (Fsp3) is 0.200. The minimum absolute atomic E-state index is 0.0660. The van der Waals surface area contributed by atoms with E-state index >= 15 is 0 Å². The van der Waals surface area contributed by atoms with Crippen molar-refractivity contribution in [2.24, 2.45) is 0 Å². The number of anilines is 1. The molecule has 0 saturated heterocycles. The molecular weight excluding hydrogens is 448 g/mol. The van der Waals surface area contributed by atoms with Crippen LogP contribution in [0.3, 0.4) is 0 Å². The molecule has 12 heteroatoms. The molecule has 0 atom stereocenters. The van der Waals surface area contributed by atoms with Gasteiger partial charge in [0.1, 0.15) is 6.07 Å². The molecule has 0 aliphatic carbocycles. The number of halogens is 7. The zero-order valence-corrected chi connectivity index (χ0v) is 14.8. The van der Waals surface area contributed by atoms with Crippen molar-refractivity contribution in [3.05, 3.63) is 45.2 Å². The predicted octanol–water partition coefficient (Wildman–Crippen LogP) is 4.52. The molecule has 0 fully saturated rings. The fourth-order valence-corrected chi connectivity index (χ4v) is 2.90. The number of esters is 1. The standard InChI is InChI=1S/C15H8BrF6N3O2/c1-27-13(26)12-11(24)6(4-23)5-25(12)9-3-7(14(17,18)19)2-8(10(9)16)15(20,21)22/h2-3,5H,24H2,1H3. The first-order chi connectivity index (χ1) is 12.3. The Bertz CT molecular complexity index is 956. The quantitative estimate of drug-likeness (QED) is 0.533. The van der Waals surface area contributed by atoms with Crippen molar-refractivity contribution in [3.8, 4) is 11.8 Å². The number of methoxy groups -OCH3 is 1. The normalized spacial score (nSPS) is 12.0. The van der Waals surface area contributed by atoms with Gasteiger partial charge in [-0.3, -0.25) is 0 Å². The Labute approximate surface area is 156 Å². The lowest BCUT2D eigenvalue weighted by Gasteiger charge is -2.18. The number of ether oxygens (including phenoxy) is 1. The topological polar surface area (TPSA) is 81.0 Å². The maximum absolute atomic E-state index is 13.2. The number of nitriles is 1. The van der Waals surface area contributed by atoms with Crippen molar-refractivity contribution < 1.29 is 35.9 Å². The highest BCUT2D eigenvalue weighted by Gasteiger charge is 2.40. The number of nitrogen functional groups attached to an aromatic ring is 1. The molecule has 5 nitrogen and oxygen atoms in total. The second-order valence-electron chi connectivity index (χ2n) is 5.13. The monoisotopic (exact) mass is 455 g/mol. The number of nitrogens with zero attached hydrogens (tertiary/aromatic N) is 2. The maximum Gasteiger partial charge on any atom is 0.417 e. The summed E-state index contributed by atoms with van der Waals surface area (Å²) >= 11 is 2.63. The number of hydrogen-bond donors (Lipinski definition) is 1. The van der Waals surface area contributed by atoms with Gasteiger partial charge in [-0.1, -0.05) is 0 Å². The van der Waals surface area contributed by atoms with Crippen LogP contribution in [0, 0.1) is 11.3 Å². The first-order valence-electron chi connectivity index (χ1n) is 6.80. The van der Waals surface area contributed by atoms with E-state index in [1.165, 1.54) is 0 Å². The molecule has 0 bridgehead atoms. The van der Waals surface area contributed by atoms with Gasteiger partial charge in [0.25, 0.3) is 0 Å². The van der Waals surface area contributed by atoms with Crippen molar-refractivity contribution in [3.63, 3.8) is 0 Å². The van der Waals surface area contributed by atoms with Crippen LogP contribution in [-0.4, -0.2) is 17.6 Å². The minimum Gasteiger partial charge on any atom is -0.464 e. The van der Waals surface area contributed by atoms with Gasteiger partial charge in [-0.05, 0) is 28.1 Å². The van der Waals surface area contributed by atoms with Gasteiger partial charge in [0.05, 0.1) is 39.6 Å².